The Morgan fingerprint density at radius 1 is 1.21 bits per heavy atom. The Balaban J connectivity index is 1.64. The maximum absolute atomic E-state index is 13.0. The Morgan fingerprint density at radius 2 is 1.96 bits per heavy atom. The first-order valence-electron chi connectivity index (χ1n) is 9.80. The molecule has 4 rings (SSSR count). The minimum atomic E-state index is -0.0753. The van der Waals surface area contributed by atoms with Gasteiger partial charge < -0.3 is 19.6 Å². The van der Waals surface area contributed by atoms with E-state index in [1.165, 1.54) is 0 Å². The number of hydrogen-bond donors (Lipinski definition) is 1. The van der Waals surface area contributed by atoms with Crippen LogP contribution in [-0.4, -0.2) is 46.5 Å². The fourth-order valence-corrected chi connectivity index (χ4v) is 3.82. The van der Waals surface area contributed by atoms with Gasteiger partial charge in [-0.05, 0) is 32.8 Å². The second-order valence-electron chi connectivity index (χ2n) is 7.43. The predicted octanol–water partition coefficient (Wildman–Crippen LogP) is 2.66. The van der Waals surface area contributed by atoms with Gasteiger partial charge in [-0.2, -0.15) is 0 Å². The topological polar surface area (TPSA) is 91.6 Å². The highest BCUT2D eigenvalue weighted by Crippen LogP contribution is 2.31. The van der Waals surface area contributed by atoms with Gasteiger partial charge in [0.05, 0.1) is 30.0 Å². The van der Waals surface area contributed by atoms with Crippen LogP contribution in [0.5, 0.6) is 0 Å². The van der Waals surface area contributed by atoms with Crippen molar-refractivity contribution < 1.29 is 14.1 Å². The molecule has 2 aromatic heterocycles. The van der Waals surface area contributed by atoms with E-state index in [1.807, 2.05) is 18.7 Å². The van der Waals surface area contributed by atoms with Crippen molar-refractivity contribution in [3.8, 4) is 0 Å². The van der Waals surface area contributed by atoms with Crippen LogP contribution in [0.15, 0.2) is 16.8 Å². The fraction of sp³-hybridized carbons (Fsp3) is 0.500. The number of anilines is 2. The number of fused-ring (bicyclic) bond motifs is 1. The van der Waals surface area contributed by atoms with E-state index in [2.05, 4.69) is 15.5 Å². The number of aryl methyl sites for hydroxylation is 2. The summed E-state index contributed by atoms with van der Waals surface area (Å²) in [7, 11) is 0. The van der Waals surface area contributed by atoms with E-state index < -0.39 is 0 Å². The molecule has 0 spiro atoms. The number of pyridine rings is 1. The fourth-order valence-electron chi connectivity index (χ4n) is 3.82. The number of carbonyl (C=O) groups excluding carboxylic acids is 2. The summed E-state index contributed by atoms with van der Waals surface area (Å²) in [6.07, 6.45) is 5.99. The van der Waals surface area contributed by atoms with Crippen LogP contribution < -0.4 is 10.2 Å². The van der Waals surface area contributed by atoms with Crippen LogP contribution in [0.2, 0.25) is 0 Å². The van der Waals surface area contributed by atoms with Crippen molar-refractivity contribution in [2.45, 2.75) is 46.1 Å². The lowest BCUT2D eigenvalue weighted by Crippen LogP contribution is -2.40. The summed E-state index contributed by atoms with van der Waals surface area (Å²) in [4.78, 5) is 33.6. The Kier molecular flexibility index (Phi) is 5.02. The number of amides is 2. The van der Waals surface area contributed by atoms with Gasteiger partial charge in [-0.15, -0.1) is 0 Å². The molecule has 1 saturated heterocycles. The lowest BCUT2D eigenvalue weighted by Gasteiger charge is -2.30. The van der Waals surface area contributed by atoms with Gasteiger partial charge in [-0.1, -0.05) is 18.0 Å². The van der Waals surface area contributed by atoms with E-state index in [1.54, 1.807) is 17.2 Å². The number of hydrogen-bond acceptors (Lipinski definition) is 6. The van der Waals surface area contributed by atoms with Gasteiger partial charge in [-0.3, -0.25) is 9.59 Å². The summed E-state index contributed by atoms with van der Waals surface area (Å²) in [5.74, 6) is 1.20. The minimum absolute atomic E-state index is 0.0208. The molecule has 2 aliphatic heterocycles. The quantitative estimate of drug-likeness (QED) is 0.876. The van der Waals surface area contributed by atoms with Crippen LogP contribution in [0.4, 0.5) is 11.5 Å². The molecule has 28 heavy (non-hydrogen) atoms. The highest BCUT2D eigenvalue weighted by molar-refractivity contribution is 6.04. The summed E-state index contributed by atoms with van der Waals surface area (Å²) < 4.78 is 5.23. The monoisotopic (exact) mass is 383 g/mol. The van der Waals surface area contributed by atoms with Crippen LogP contribution in [0.25, 0.3) is 0 Å². The average Bonchev–Trinajstić information content (AvgIpc) is 2.91. The third kappa shape index (κ3) is 3.46. The average molecular weight is 383 g/mol. The lowest BCUT2D eigenvalue weighted by molar-refractivity contribution is -0.117. The number of nitrogens with one attached hydrogen (secondary N) is 1. The Labute approximate surface area is 163 Å². The largest absolute Gasteiger partial charge is 0.361 e. The highest BCUT2D eigenvalue weighted by Gasteiger charge is 2.29. The van der Waals surface area contributed by atoms with Gasteiger partial charge in [0, 0.05) is 24.8 Å². The summed E-state index contributed by atoms with van der Waals surface area (Å²) in [5, 5.41) is 7.01. The standard InChI is InChI=1S/C20H25N5O3/c1-13-16(14(2)28-23-13)12-25-17-9-15(10-21-19(17)22-11-18(25)26)20(27)24-7-5-3-4-6-8-24/h9-10H,3-8,11-12H2,1-2H3,(H,21,22). The van der Waals surface area contributed by atoms with Crippen LogP contribution in [0, 0.1) is 13.8 Å². The molecule has 148 valence electrons. The normalized spacial score (nSPS) is 17.1. The van der Waals surface area contributed by atoms with Crippen molar-refractivity contribution >= 4 is 23.3 Å². The second-order valence-corrected chi connectivity index (χ2v) is 7.43. The molecule has 2 amide bonds. The Hall–Kier alpha value is -2.90. The van der Waals surface area contributed by atoms with E-state index in [9.17, 15) is 9.59 Å². The zero-order valence-electron chi connectivity index (χ0n) is 16.3. The van der Waals surface area contributed by atoms with E-state index in [0.29, 0.717) is 29.4 Å². The summed E-state index contributed by atoms with van der Waals surface area (Å²) in [5.41, 5.74) is 2.78. The predicted molar refractivity (Wildman–Crippen MR) is 104 cm³/mol. The number of carbonyl (C=O) groups is 2. The molecule has 0 unspecified atom stereocenters. The van der Waals surface area contributed by atoms with Crippen molar-refractivity contribution in [1.82, 2.24) is 15.0 Å². The third-order valence-corrected chi connectivity index (χ3v) is 5.50. The molecule has 4 heterocycles. The Bertz CT molecular complexity index is 880. The van der Waals surface area contributed by atoms with Crippen LogP contribution in [-0.2, 0) is 11.3 Å². The zero-order chi connectivity index (χ0) is 19.7. The van der Waals surface area contributed by atoms with E-state index in [4.69, 9.17) is 4.52 Å². The molecule has 2 aliphatic rings. The molecule has 0 aliphatic carbocycles. The molecule has 8 heteroatoms. The van der Waals surface area contributed by atoms with E-state index in [-0.39, 0.29) is 18.4 Å². The van der Waals surface area contributed by atoms with Gasteiger partial charge >= 0.3 is 0 Å². The third-order valence-electron chi connectivity index (χ3n) is 5.50. The highest BCUT2D eigenvalue weighted by atomic mass is 16.5. The van der Waals surface area contributed by atoms with Gasteiger partial charge in [0.15, 0.2) is 5.82 Å². The molecule has 8 nitrogen and oxygen atoms in total. The van der Waals surface area contributed by atoms with Crippen molar-refractivity contribution in [2.24, 2.45) is 0 Å². The summed E-state index contributed by atoms with van der Waals surface area (Å²) in [6, 6.07) is 1.78. The molecule has 0 radical (unpaired) electrons. The smallest absolute Gasteiger partial charge is 0.255 e. The van der Waals surface area contributed by atoms with Crippen molar-refractivity contribution in [3.05, 3.63) is 34.8 Å². The number of likely N-dealkylation sites (tertiary alicyclic amines) is 1. The molecular formula is C20H25N5O3. The SMILES string of the molecule is Cc1noc(C)c1CN1C(=O)CNc2ncc(C(=O)N3CCCCCC3)cc21. The molecule has 0 saturated carbocycles. The zero-order valence-corrected chi connectivity index (χ0v) is 16.3. The van der Waals surface area contributed by atoms with Crippen LogP contribution >= 0.6 is 0 Å². The van der Waals surface area contributed by atoms with E-state index in [0.717, 1.165) is 50.0 Å². The maximum Gasteiger partial charge on any atom is 0.255 e. The van der Waals surface area contributed by atoms with Crippen molar-refractivity contribution in [1.29, 1.82) is 0 Å². The minimum Gasteiger partial charge on any atom is -0.361 e. The molecule has 0 aromatic carbocycles. The van der Waals surface area contributed by atoms with Crippen LogP contribution in [0.1, 0.15) is 53.1 Å². The first-order valence-corrected chi connectivity index (χ1v) is 9.80. The summed E-state index contributed by atoms with van der Waals surface area (Å²) in [6.45, 7) is 5.75. The number of nitrogens with zero attached hydrogens (tertiary/aromatic N) is 4. The molecule has 1 N–H and O–H groups in total. The van der Waals surface area contributed by atoms with Crippen molar-refractivity contribution in [2.75, 3.05) is 29.9 Å². The molecular weight excluding hydrogens is 358 g/mol. The molecule has 0 atom stereocenters. The molecule has 1 fully saturated rings. The first kappa shape index (κ1) is 18.5. The maximum atomic E-state index is 13.0. The summed E-state index contributed by atoms with van der Waals surface area (Å²) >= 11 is 0. The first-order chi connectivity index (χ1) is 13.5. The lowest BCUT2D eigenvalue weighted by atomic mass is 10.1. The second kappa shape index (κ2) is 7.61. The molecule has 2 aromatic rings. The van der Waals surface area contributed by atoms with Gasteiger partial charge in [-0.25, -0.2) is 4.98 Å². The van der Waals surface area contributed by atoms with Gasteiger partial charge in [0.1, 0.15) is 5.76 Å². The van der Waals surface area contributed by atoms with Gasteiger partial charge in [0.2, 0.25) is 5.91 Å². The number of aromatic nitrogens is 2. The van der Waals surface area contributed by atoms with Gasteiger partial charge in [0.25, 0.3) is 5.91 Å². The number of rotatable bonds is 3. The Morgan fingerprint density at radius 3 is 2.64 bits per heavy atom. The molecule has 0 bridgehead atoms. The van der Waals surface area contributed by atoms with E-state index >= 15 is 0 Å². The van der Waals surface area contributed by atoms with Crippen molar-refractivity contribution in [3.63, 3.8) is 0 Å². The van der Waals surface area contributed by atoms with Crippen LogP contribution in [0.3, 0.4) is 0 Å².